The molecule has 0 radical (unpaired) electrons. The van der Waals surface area contributed by atoms with Crippen LogP contribution >= 0.6 is 0 Å². The Bertz CT molecular complexity index is 273. The zero-order chi connectivity index (χ0) is 9.84. The van der Waals surface area contributed by atoms with E-state index in [1.165, 1.54) is 0 Å². The van der Waals surface area contributed by atoms with E-state index in [0.29, 0.717) is 11.8 Å². The molecule has 0 spiro atoms. The SMILES string of the molecule is Cc1nc(N)[nH]c1NCC(O)CO. The molecule has 0 saturated heterocycles. The van der Waals surface area contributed by atoms with Gasteiger partial charge >= 0.3 is 0 Å². The van der Waals surface area contributed by atoms with Gasteiger partial charge in [0.2, 0.25) is 0 Å². The molecule has 6 nitrogen and oxygen atoms in total. The van der Waals surface area contributed by atoms with Crippen molar-refractivity contribution in [3.8, 4) is 0 Å². The van der Waals surface area contributed by atoms with E-state index < -0.39 is 6.10 Å². The fraction of sp³-hybridized carbons (Fsp3) is 0.571. The lowest BCUT2D eigenvalue weighted by Crippen LogP contribution is -2.23. The van der Waals surface area contributed by atoms with E-state index in [1.54, 1.807) is 6.92 Å². The molecule has 0 saturated carbocycles. The highest BCUT2D eigenvalue weighted by atomic mass is 16.3. The fourth-order valence-electron chi connectivity index (χ4n) is 0.940. The third-order valence-electron chi connectivity index (χ3n) is 1.63. The van der Waals surface area contributed by atoms with Crippen LogP contribution in [0.3, 0.4) is 0 Å². The first-order valence-electron chi connectivity index (χ1n) is 3.98. The number of aliphatic hydroxyl groups is 2. The van der Waals surface area contributed by atoms with Crippen LogP contribution in [0.4, 0.5) is 11.8 Å². The summed E-state index contributed by atoms with van der Waals surface area (Å²) in [6, 6.07) is 0. The van der Waals surface area contributed by atoms with E-state index in [9.17, 15) is 0 Å². The number of imidazole rings is 1. The number of aliphatic hydroxyl groups excluding tert-OH is 2. The molecule has 1 aromatic rings. The van der Waals surface area contributed by atoms with Crippen molar-refractivity contribution in [2.75, 3.05) is 24.2 Å². The lowest BCUT2D eigenvalue weighted by Gasteiger charge is -2.08. The van der Waals surface area contributed by atoms with Gasteiger partial charge in [-0.2, -0.15) is 0 Å². The first kappa shape index (κ1) is 9.82. The Morgan fingerprint density at radius 1 is 1.69 bits per heavy atom. The number of hydrogen-bond acceptors (Lipinski definition) is 5. The van der Waals surface area contributed by atoms with Crippen molar-refractivity contribution >= 4 is 11.8 Å². The number of H-pyrrole nitrogens is 1. The maximum atomic E-state index is 9.04. The summed E-state index contributed by atoms with van der Waals surface area (Å²) in [6.07, 6.45) is -0.774. The van der Waals surface area contributed by atoms with Crippen LogP contribution in [-0.4, -0.2) is 39.4 Å². The highest BCUT2D eigenvalue weighted by Crippen LogP contribution is 2.11. The summed E-state index contributed by atoms with van der Waals surface area (Å²) in [5, 5.41) is 20.5. The molecular weight excluding hydrogens is 172 g/mol. The molecule has 0 fully saturated rings. The number of nitrogen functional groups attached to an aromatic ring is 1. The van der Waals surface area contributed by atoms with Crippen molar-refractivity contribution in [2.45, 2.75) is 13.0 Å². The molecule has 1 unspecified atom stereocenters. The molecule has 0 aliphatic heterocycles. The van der Waals surface area contributed by atoms with Crippen molar-refractivity contribution in [1.29, 1.82) is 0 Å². The Balaban J connectivity index is 2.49. The van der Waals surface area contributed by atoms with E-state index in [-0.39, 0.29) is 13.2 Å². The fourth-order valence-corrected chi connectivity index (χ4v) is 0.940. The average molecular weight is 186 g/mol. The lowest BCUT2D eigenvalue weighted by molar-refractivity contribution is 0.105. The van der Waals surface area contributed by atoms with Crippen LogP contribution in [0.2, 0.25) is 0 Å². The van der Waals surface area contributed by atoms with Gasteiger partial charge in [0.15, 0.2) is 5.95 Å². The Labute approximate surface area is 75.8 Å². The summed E-state index contributed by atoms with van der Waals surface area (Å²) in [4.78, 5) is 6.72. The number of nitrogens with two attached hydrogens (primary N) is 1. The Morgan fingerprint density at radius 2 is 2.38 bits per heavy atom. The predicted octanol–water partition coefficient (Wildman–Crippen LogP) is -0.935. The Morgan fingerprint density at radius 3 is 2.85 bits per heavy atom. The van der Waals surface area contributed by atoms with Crippen LogP contribution in [0.15, 0.2) is 0 Å². The second-order valence-corrected chi connectivity index (χ2v) is 2.80. The monoisotopic (exact) mass is 186 g/mol. The van der Waals surface area contributed by atoms with Crippen molar-refractivity contribution in [3.63, 3.8) is 0 Å². The minimum absolute atomic E-state index is 0.263. The van der Waals surface area contributed by atoms with E-state index >= 15 is 0 Å². The number of hydrogen-bond donors (Lipinski definition) is 5. The molecule has 0 aromatic carbocycles. The third-order valence-corrected chi connectivity index (χ3v) is 1.63. The first-order chi connectivity index (χ1) is 6.13. The smallest absolute Gasteiger partial charge is 0.199 e. The summed E-state index contributed by atoms with van der Waals surface area (Å²) >= 11 is 0. The minimum Gasteiger partial charge on any atom is -0.394 e. The van der Waals surface area contributed by atoms with Crippen molar-refractivity contribution < 1.29 is 10.2 Å². The molecule has 0 amide bonds. The molecule has 1 atom stereocenters. The van der Waals surface area contributed by atoms with Gasteiger partial charge in [-0.1, -0.05) is 0 Å². The second-order valence-electron chi connectivity index (χ2n) is 2.80. The van der Waals surface area contributed by atoms with Gasteiger partial charge in [0.25, 0.3) is 0 Å². The molecule has 0 aliphatic carbocycles. The third kappa shape index (κ3) is 2.60. The molecule has 13 heavy (non-hydrogen) atoms. The number of aromatic nitrogens is 2. The standard InChI is InChI=1S/C7H14N4O2/c1-4-6(11-7(8)10-4)9-2-5(13)3-12/h5,9,12-13H,2-3H2,1H3,(H3,8,10,11). The summed E-state index contributed by atoms with van der Waals surface area (Å²) < 4.78 is 0. The van der Waals surface area contributed by atoms with Gasteiger partial charge in [0.1, 0.15) is 5.82 Å². The number of nitrogens with one attached hydrogen (secondary N) is 2. The molecule has 74 valence electrons. The molecule has 0 aliphatic rings. The normalized spacial score (nSPS) is 12.8. The average Bonchev–Trinajstić information content (AvgIpc) is 2.41. The summed E-state index contributed by atoms with van der Waals surface area (Å²) in [5.74, 6) is 1.00. The van der Waals surface area contributed by atoms with Crippen molar-refractivity contribution in [1.82, 2.24) is 9.97 Å². The highest BCUT2D eigenvalue weighted by molar-refractivity contribution is 5.45. The Hall–Kier alpha value is -1.27. The van der Waals surface area contributed by atoms with Crippen LogP contribution in [0.1, 0.15) is 5.69 Å². The zero-order valence-corrected chi connectivity index (χ0v) is 7.41. The maximum absolute atomic E-state index is 9.04. The van der Waals surface area contributed by atoms with Gasteiger partial charge in [-0.25, -0.2) is 4.98 Å². The molecule has 6 N–H and O–H groups in total. The summed E-state index contributed by atoms with van der Waals surface area (Å²) in [5.41, 5.74) is 6.14. The number of nitrogens with zero attached hydrogens (tertiary/aromatic N) is 1. The quantitative estimate of drug-likeness (QED) is 0.417. The van der Waals surface area contributed by atoms with Crippen molar-refractivity contribution in [2.24, 2.45) is 0 Å². The number of anilines is 2. The van der Waals surface area contributed by atoms with Gasteiger partial charge in [-0.05, 0) is 6.92 Å². The van der Waals surface area contributed by atoms with E-state index in [4.69, 9.17) is 15.9 Å². The lowest BCUT2D eigenvalue weighted by atomic mass is 10.3. The number of aryl methyl sites for hydroxylation is 1. The van der Waals surface area contributed by atoms with Gasteiger partial charge in [-0.15, -0.1) is 0 Å². The minimum atomic E-state index is -0.774. The van der Waals surface area contributed by atoms with Gasteiger partial charge < -0.3 is 26.2 Å². The molecular formula is C7H14N4O2. The summed E-state index contributed by atoms with van der Waals surface area (Å²) in [6.45, 7) is 1.79. The largest absolute Gasteiger partial charge is 0.394 e. The molecule has 0 bridgehead atoms. The summed E-state index contributed by atoms with van der Waals surface area (Å²) in [7, 11) is 0. The Kier molecular flexibility index (Phi) is 3.10. The van der Waals surface area contributed by atoms with E-state index in [1.807, 2.05) is 0 Å². The van der Waals surface area contributed by atoms with Gasteiger partial charge in [0.05, 0.1) is 18.4 Å². The second kappa shape index (κ2) is 4.11. The zero-order valence-electron chi connectivity index (χ0n) is 7.41. The molecule has 6 heteroatoms. The number of rotatable bonds is 4. The molecule has 1 rings (SSSR count). The van der Waals surface area contributed by atoms with Crippen LogP contribution in [0, 0.1) is 6.92 Å². The van der Waals surface area contributed by atoms with Crippen LogP contribution < -0.4 is 11.1 Å². The van der Waals surface area contributed by atoms with Crippen molar-refractivity contribution in [3.05, 3.63) is 5.69 Å². The van der Waals surface area contributed by atoms with Gasteiger partial charge in [0, 0.05) is 6.54 Å². The van der Waals surface area contributed by atoms with Crippen LogP contribution in [0.5, 0.6) is 0 Å². The molecule has 1 heterocycles. The maximum Gasteiger partial charge on any atom is 0.199 e. The first-order valence-corrected chi connectivity index (χ1v) is 3.98. The topological polar surface area (TPSA) is 107 Å². The van der Waals surface area contributed by atoms with E-state index in [0.717, 1.165) is 5.69 Å². The van der Waals surface area contributed by atoms with Crippen LogP contribution in [0.25, 0.3) is 0 Å². The van der Waals surface area contributed by atoms with Crippen LogP contribution in [-0.2, 0) is 0 Å². The van der Waals surface area contributed by atoms with E-state index in [2.05, 4.69) is 15.3 Å². The molecule has 1 aromatic heterocycles. The van der Waals surface area contributed by atoms with Gasteiger partial charge in [-0.3, -0.25) is 0 Å². The number of aromatic amines is 1. The predicted molar refractivity (Wildman–Crippen MR) is 49.3 cm³/mol. The highest BCUT2D eigenvalue weighted by Gasteiger charge is 2.05.